The second-order valence-electron chi connectivity index (χ2n) is 7.18. The number of nitrogens with one attached hydrogen (secondary N) is 1. The van der Waals surface area contributed by atoms with E-state index < -0.39 is 29.3 Å². The second-order valence-corrected chi connectivity index (χ2v) is 8.55. The Bertz CT molecular complexity index is 1060. The van der Waals surface area contributed by atoms with Crippen LogP contribution in [0.1, 0.15) is 41.9 Å². The normalized spacial score (nSPS) is 14.7. The maximum atomic E-state index is 13.7. The van der Waals surface area contributed by atoms with Crippen molar-refractivity contribution in [1.29, 1.82) is 0 Å². The number of rotatable bonds is 5. The van der Waals surface area contributed by atoms with E-state index in [0.29, 0.717) is 15.6 Å². The van der Waals surface area contributed by atoms with Gasteiger partial charge < -0.3 is 5.32 Å². The van der Waals surface area contributed by atoms with Gasteiger partial charge in [-0.25, -0.2) is 9.07 Å². The quantitative estimate of drug-likeness (QED) is 0.506. The monoisotopic (exact) mass is 450 g/mol. The van der Waals surface area contributed by atoms with Crippen molar-refractivity contribution in [2.45, 2.75) is 42.0 Å². The fourth-order valence-electron chi connectivity index (χ4n) is 3.46. The summed E-state index contributed by atoms with van der Waals surface area (Å²) in [6, 6.07) is 11.2. The highest BCUT2D eigenvalue weighted by molar-refractivity contribution is 8.00. The Morgan fingerprint density at radius 1 is 1.03 bits per heavy atom. The zero-order valence-corrected chi connectivity index (χ0v) is 17.0. The summed E-state index contributed by atoms with van der Waals surface area (Å²) in [4.78, 5) is 13.6. The Kier molecular flexibility index (Phi) is 5.99. The van der Waals surface area contributed by atoms with Gasteiger partial charge in [-0.05, 0) is 61.4 Å². The number of carbonyl (C=O) groups is 1. The highest BCUT2D eigenvalue weighted by atomic mass is 32.2. The van der Waals surface area contributed by atoms with Crippen LogP contribution in [0.15, 0.2) is 53.4 Å². The minimum atomic E-state index is -4.90. The third kappa shape index (κ3) is 4.90. The average molecular weight is 450 g/mol. The zero-order chi connectivity index (χ0) is 22.0. The fraction of sp³-hybridized carbons (Fsp3) is 0.286. The molecule has 0 atom stereocenters. The van der Waals surface area contributed by atoms with Crippen LogP contribution in [-0.2, 0) is 6.18 Å². The topological polar surface area (TPSA) is 59.8 Å². The molecule has 0 bridgehead atoms. The molecule has 3 aromatic rings. The summed E-state index contributed by atoms with van der Waals surface area (Å²) < 4.78 is 54.7. The van der Waals surface area contributed by atoms with E-state index in [-0.39, 0.29) is 5.69 Å². The fourth-order valence-corrected chi connectivity index (χ4v) is 4.71. The molecule has 2 aromatic carbocycles. The summed E-state index contributed by atoms with van der Waals surface area (Å²) >= 11 is 1.77. The van der Waals surface area contributed by atoms with Crippen molar-refractivity contribution >= 4 is 23.4 Å². The van der Waals surface area contributed by atoms with Gasteiger partial charge in [0, 0.05) is 15.8 Å². The number of carbonyl (C=O) groups excluding carboxylic acids is 1. The van der Waals surface area contributed by atoms with Crippen molar-refractivity contribution in [3.05, 3.63) is 65.7 Å². The lowest BCUT2D eigenvalue weighted by atomic mass is 10.2. The molecule has 5 nitrogen and oxygen atoms in total. The second kappa shape index (κ2) is 8.70. The molecule has 4 rings (SSSR count). The number of amides is 1. The van der Waals surface area contributed by atoms with E-state index >= 15 is 0 Å². The Balaban J connectivity index is 1.54. The summed E-state index contributed by atoms with van der Waals surface area (Å²) in [6.07, 6.45) is -0.0928. The SMILES string of the molecule is O=C(Nc1ccc(SC2CCCC2)cc1)c1nnn(-c2ccc(F)cc2)c1C(F)(F)F. The summed E-state index contributed by atoms with van der Waals surface area (Å²) in [5.74, 6) is -1.64. The molecule has 1 aromatic heterocycles. The lowest BCUT2D eigenvalue weighted by Gasteiger charge is -2.12. The number of aromatic nitrogens is 3. The number of thioether (sulfide) groups is 1. The first-order valence-corrected chi connectivity index (χ1v) is 10.6. The number of hydrogen-bond acceptors (Lipinski definition) is 4. The number of nitrogens with zero attached hydrogens (tertiary/aromatic N) is 3. The molecule has 1 fully saturated rings. The van der Waals surface area contributed by atoms with Crippen LogP contribution < -0.4 is 5.32 Å². The number of benzene rings is 2. The van der Waals surface area contributed by atoms with E-state index in [9.17, 15) is 22.4 Å². The van der Waals surface area contributed by atoms with Crippen molar-refractivity contribution in [3.63, 3.8) is 0 Å². The van der Waals surface area contributed by atoms with Crippen LogP contribution in [0.2, 0.25) is 0 Å². The van der Waals surface area contributed by atoms with Gasteiger partial charge in [0.25, 0.3) is 5.91 Å². The summed E-state index contributed by atoms with van der Waals surface area (Å²) in [5.41, 5.74) is -1.90. The molecule has 0 spiro atoms. The van der Waals surface area contributed by atoms with Crippen LogP contribution in [0.3, 0.4) is 0 Å². The van der Waals surface area contributed by atoms with Crippen molar-refractivity contribution < 1.29 is 22.4 Å². The zero-order valence-electron chi connectivity index (χ0n) is 16.2. The maximum Gasteiger partial charge on any atom is 0.435 e. The highest BCUT2D eigenvalue weighted by Crippen LogP contribution is 2.35. The standard InChI is InChI=1S/C21H18F4N4OS/c22-13-5-9-15(10-6-13)29-19(21(23,24)25)18(27-28-29)20(30)26-14-7-11-17(12-8-14)31-16-3-1-2-4-16/h5-12,16H,1-4H2,(H,26,30). The van der Waals surface area contributed by atoms with E-state index in [2.05, 4.69) is 15.6 Å². The predicted octanol–water partition coefficient (Wildman–Crippen LogP) is 5.71. The van der Waals surface area contributed by atoms with Crippen LogP contribution >= 0.6 is 11.8 Å². The molecule has 162 valence electrons. The van der Waals surface area contributed by atoms with Crippen LogP contribution in [0.5, 0.6) is 0 Å². The largest absolute Gasteiger partial charge is 0.435 e. The van der Waals surface area contributed by atoms with Crippen molar-refractivity contribution in [2.75, 3.05) is 5.32 Å². The molecule has 31 heavy (non-hydrogen) atoms. The first-order chi connectivity index (χ1) is 14.8. The molecule has 1 N–H and O–H groups in total. The lowest BCUT2D eigenvalue weighted by Crippen LogP contribution is -2.21. The summed E-state index contributed by atoms with van der Waals surface area (Å²) in [5, 5.41) is 9.94. The third-order valence-corrected chi connectivity index (χ3v) is 6.29. The number of alkyl halides is 3. The highest BCUT2D eigenvalue weighted by Gasteiger charge is 2.42. The van der Waals surface area contributed by atoms with Crippen LogP contribution in [-0.4, -0.2) is 26.2 Å². The molecular weight excluding hydrogens is 432 g/mol. The molecule has 1 heterocycles. The summed E-state index contributed by atoms with van der Waals surface area (Å²) in [7, 11) is 0. The first-order valence-electron chi connectivity index (χ1n) is 9.68. The van der Waals surface area contributed by atoms with Gasteiger partial charge in [0.15, 0.2) is 11.4 Å². The number of anilines is 1. The molecule has 0 radical (unpaired) electrons. The minimum absolute atomic E-state index is 0.0615. The molecule has 10 heteroatoms. The van der Waals surface area contributed by atoms with E-state index in [1.54, 1.807) is 23.9 Å². The third-order valence-electron chi connectivity index (χ3n) is 4.94. The van der Waals surface area contributed by atoms with Gasteiger partial charge in [-0.15, -0.1) is 16.9 Å². The van der Waals surface area contributed by atoms with Gasteiger partial charge in [0.05, 0.1) is 5.69 Å². The molecule has 1 aliphatic rings. The minimum Gasteiger partial charge on any atom is -0.321 e. The van der Waals surface area contributed by atoms with E-state index in [4.69, 9.17) is 0 Å². The van der Waals surface area contributed by atoms with Gasteiger partial charge >= 0.3 is 6.18 Å². The predicted molar refractivity (Wildman–Crippen MR) is 109 cm³/mol. The van der Waals surface area contributed by atoms with Crippen molar-refractivity contribution in [1.82, 2.24) is 15.0 Å². The van der Waals surface area contributed by atoms with Gasteiger partial charge in [0.1, 0.15) is 5.82 Å². The van der Waals surface area contributed by atoms with Crippen molar-refractivity contribution in [3.8, 4) is 5.69 Å². The molecule has 0 aliphatic heterocycles. The Labute approximate surface area is 179 Å². The smallest absolute Gasteiger partial charge is 0.321 e. The van der Waals surface area contributed by atoms with E-state index in [1.807, 2.05) is 12.1 Å². The molecular formula is C21H18F4N4OS. The van der Waals surface area contributed by atoms with E-state index in [1.165, 1.54) is 25.7 Å². The van der Waals surface area contributed by atoms with Gasteiger partial charge in [-0.1, -0.05) is 18.1 Å². The average Bonchev–Trinajstić information content (AvgIpc) is 3.40. The van der Waals surface area contributed by atoms with Crippen LogP contribution in [0.4, 0.5) is 23.2 Å². The number of hydrogen-bond donors (Lipinski definition) is 1. The Hall–Kier alpha value is -2.88. The van der Waals surface area contributed by atoms with Gasteiger partial charge in [-0.2, -0.15) is 13.2 Å². The first kappa shape index (κ1) is 21.4. The Morgan fingerprint density at radius 2 is 1.68 bits per heavy atom. The Morgan fingerprint density at radius 3 is 2.29 bits per heavy atom. The van der Waals surface area contributed by atoms with Crippen LogP contribution in [0, 0.1) is 5.82 Å². The number of halogens is 4. The van der Waals surface area contributed by atoms with Crippen LogP contribution in [0.25, 0.3) is 5.69 Å². The molecule has 1 aliphatic carbocycles. The molecule has 0 saturated heterocycles. The van der Waals surface area contributed by atoms with Crippen molar-refractivity contribution in [2.24, 2.45) is 0 Å². The molecule has 1 amide bonds. The van der Waals surface area contributed by atoms with E-state index in [0.717, 1.165) is 29.2 Å². The molecule has 0 unspecified atom stereocenters. The summed E-state index contributed by atoms with van der Waals surface area (Å²) in [6.45, 7) is 0. The van der Waals surface area contributed by atoms with Gasteiger partial charge in [0.2, 0.25) is 0 Å². The lowest BCUT2D eigenvalue weighted by molar-refractivity contribution is -0.143. The maximum absolute atomic E-state index is 13.7. The van der Waals surface area contributed by atoms with Gasteiger partial charge in [-0.3, -0.25) is 4.79 Å². The molecule has 1 saturated carbocycles.